The molecule has 0 amide bonds. The second-order valence-electron chi connectivity index (χ2n) is 5.36. The molecule has 0 bridgehead atoms. The van der Waals surface area contributed by atoms with Crippen molar-refractivity contribution in [3.8, 4) is 11.5 Å². The van der Waals surface area contributed by atoms with E-state index >= 15 is 0 Å². The monoisotopic (exact) mass is 406 g/mol. The molecule has 142 valence electrons. The van der Waals surface area contributed by atoms with Gasteiger partial charge < -0.3 is 15.2 Å². The molecule has 2 rings (SSSR count). The van der Waals surface area contributed by atoms with Crippen LogP contribution in [0.1, 0.15) is 5.56 Å². The number of ether oxygens (including phenoxy) is 2. The number of halogens is 3. The number of nitrogens with two attached hydrogens (primary N) is 1. The lowest BCUT2D eigenvalue weighted by molar-refractivity contribution is 0.397. The molecule has 0 heterocycles. The molecule has 10 heteroatoms. The topological polar surface area (TPSA) is 81.9 Å². The molecule has 0 aliphatic rings. The van der Waals surface area contributed by atoms with Crippen LogP contribution in [0.2, 0.25) is 5.02 Å². The van der Waals surface area contributed by atoms with Crippen molar-refractivity contribution < 1.29 is 26.7 Å². The fraction of sp³-hybridized carbons (Fsp3) is 0.250. The molecule has 6 nitrogen and oxygen atoms in total. The van der Waals surface area contributed by atoms with Gasteiger partial charge in [0.1, 0.15) is 11.5 Å². The van der Waals surface area contributed by atoms with E-state index < -0.39 is 28.2 Å². The Morgan fingerprint density at radius 3 is 2.31 bits per heavy atom. The molecule has 0 saturated heterocycles. The average molecular weight is 407 g/mol. The molecule has 0 aliphatic carbocycles. The first-order chi connectivity index (χ1) is 12.1. The molecule has 2 N–H and O–H groups in total. The van der Waals surface area contributed by atoms with Crippen LogP contribution in [0.5, 0.6) is 11.5 Å². The summed E-state index contributed by atoms with van der Waals surface area (Å²) in [6, 6.07) is 4.72. The summed E-state index contributed by atoms with van der Waals surface area (Å²) in [6.07, 6.45) is 0.918. The van der Waals surface area contributed by atoms with Gasteiger partial charge in [0.05, 0.1) is 49.0 Å². The molecule has 0 aromatic heterocycles. The van der Waals surface area contributed by atoms with E-state index in [9.17, 15) is 17.2 Å². The predicted molar refractivity (Wildman–Crippen MR) is 96.4 cm³/mol. The maximum Gasteiger partial charge on any atom is 0.232 e. The highest BCUT2D eigenvalue weighted by Gasteiger charge is 2.26. The third-order valence-electron chi connectivity index (χ3n) is 3.64. The largest absolute Gasteiger partial charge is 0.496 e. The molecular weight excluding hydrogens is 390 g/mol. The number of nitrogens with zero attached hydrogens (tertiary/aromatic N) is 1. The van der Waals surface area contributed by atoms with Gasteiger partial charge in [-0.05, 0) is 18.2 Å². The molecule has 0 atom stereocenters. The summed E-state index contributed by atoms with van der Waals surface area (Å²) in [5.74, 6) is -2.24. The van der Waals surface area contributed by atoms with Crippen LogP contribution in [0.25, 0.3) is 0 Å². The number of hydrogen-bond acceptors (Lipinski definition) is 5. The Balaban J connectivity index is 2.67. The lowest BCUT2D eigenvalue weighted by atomic mass is 10.1. The van der Waals surface area contributed by atoms with Gasteiger partial charge in [0.2, 0.25) is 10.0 Å². The first-order valence-electron chi connectivity index (χ1n) is 7.21. The highest BCUT2D eigenvalue weighted by Crippen LogP contribution is 2.38. The van der Waals surface area contributed by atoms with Gasteiger partial charge in [0, 0.05) is 6.07 Å². The number of benzene rings is 2. The minimum atomic E-state index is -3.92. The molecule has 0 fully saturated rings. The normalized spacial score (nSPS) is 11.3. The second kappa shape index (κ2) is 7.55. The van der Waals surface area contributed by atoms with E-state index in [2.05, 4.69) is 0 Å². The van der Waals surface area contributed by atoms with Crippen LogP contribution in [0.4, 0.5) is 20.2 Å². The third kappa shape index (κ3) is 3.94. The molecule has 0 saturated carbocycles. The van der Waals surface area contributed by atoms with E-state index in [1.807, 2.05) is 0 Å². The van der Waals surface area contributed by atoms with Crippen LogP contribution >= 0.6 is 11.6 Å². The molecular formula is C16H17ClF2N2O4S. The predicted octanol–water partition coefficient (Wildman–Crippen LogP) is 3.18. The summed E-state index contributed by atoms with van der Waals surface area (Å²) >= 11 is 5.93. The molecule has 0 radical (unpaired) electrons. The Labute approximate surface area is 155 Å². The molecule has 2 aromatic carbocycles. The van der Waals surface area contributed by atoms with Crippen LogP contribution in [-0.2, 0) is 16.6 Å². The third-order valence-corrected chi connectivity index (χ3v) is 5.10. The van der Waals surface area contributed by atoms with Gasteiger partial charge in [-0.2, -0.15) is 0 Å². The van der Waals surface area contributed by atoms with Crippen molar-refractivity contribution in [3.63, 3.8) is 0 Å². The molecule has 2 aromatic rings. The van der Waals surface area contributed by atoms with E-state index in [-0.39, 0.29) is 33.5 Å². The summed E-state index contributed by atoms with van der Waals surface area (Å²) in [6.45, 7) is -0.539. The van der Waals surface area contributed by atoms with Gasteiger partial charge in [-0.15, -0.1) is 0 Å². The van der Waals surface area contributed by atoms with Gasteiger partial charge in [0.15, 0.2) is 11.6 Å². The maximum atomic E-state index is 14.3. The minimum Gasteiger partial charge on any atom is -0.496 e. The van der Waals surface area contributed by atoms with Gasteiger partial charge >= 0.3 is 0 Å². The van der Waals surface area contributed by atoms with Crippen LogP contribution < -0.4 is 19.5 Å². The van der Waals surface area contributed by atoms with Crippen molar-refractivity contribution in [2.24, 2.45) is 0 Å². The summed E-state index contributed by atoms with van der Waals surface area (Å²) in [7, 11) is -1.34. The zero-order valence-corrected chi connectivity index (χ0v) is 15.8. The standard InChI is InChI=1S/C16H17ClF2N2O4S/c1-24-14-5-4-11(18)16(19)9(14)8-21(26(3,22)23)13-7-12(20)10(17)6-15(13)25-2/h4-7H,8,20H2,1-3H3. The summed E-state index contributed by atoms with van der Waals surface area (Å²) in [5.41, 5.74) is 5.62. The van der Waals surface area contributed by atoms with E-state index in [0.29, 0.717) is 0 Å². The highest BCUT2D eigenvalue weighted by atomic mass is 35.5. The average Bonchev–Trinajstić information content (AvgIpc) is 2.57. The van der Waals surface area contributed by atoms with Crippen LogP contribution in [-0.4, -0.2) is 28.9 Å². The first-order valence-corrected chi connectivity index (χ1v) is 9.44. The maximum absolute atomic E-state index is 14.3. The quantitative estimate of drug-likeness (QED) is 0.745. The number of hydrogen-bond donors (Lipinski definition) is 1. The summed E-state index contributed by atoms with van der Waals surface area (Å²) in [4.78, 5) is 0. The first kappa shape index (κ1) is 20.1. The van der Waals surface area contributed by atoms with Crippen molar-refractivity contribution in [1.29, 1.82) is 0 Å². The highest BCUT2D eigenvalue weighted by molar-refractivity contribution is 7.92. The molecule has 26 heavy (non-hydrogen) atoms. The fourth-order valence-corrected chi connectivity index (χ4v) is 3.37. The number of nitrogen functional groups attached to an aromatic ring is 1. The lowest BCUT2D eigenvalue weighted by Gasteiger charge is -2.26. The van der Waals surface area contributed by atoms with Crippen molar-refractivity contribution >= 4 is 33.0 Å². The molecule has 0 spiro atoms. The smallest absolute Gasteiger partial charge is 0.232 e. The Hall–Kier alpha value is -2.26. The zero-order valence-electron chi connectivity index (χ0n) is 14.2. The minimum absolute atomic E-state index is 0.00143. The van der Waals surface area contributed by atoms with E-state index in [0.717, 1.165) is 16.6 Å². The van der Waals surface area contributed by atoms with Crippen LogP contribution in [0.3, 0.4) is 0 Å². The van der Waals surface area contributed by atoms with Crippen LogP contribution in [0.15, 0.2) is 24.3 Å². The summed E-state index contributed by atoms with van der Waals surface area (Å²) < 4.78 is 63.6. The van der Waals surface area contributed by atoms with Gasteiger partial charge in [-0.1, -0.05) is 11.6 Å². The number of methoxy groups -OCH3 is 2. The van der Waals surface area contributed by atoms with E-state index in [4.69, 9.17) is 26.8 Å². The van der Waals surface area contributed by atoms with E-state index in [1.54, 1.807) is 0 Å². The Bertz CT molecular complexity index is 938. The number of anilines is 2. The molecule has 0 unspecified atom stereocenters. The molecule has 0 aliphatic heterocycles. The SMILES string of the molecule is COc1cc(Cl)c(N)cc1N(Cc1c(OC)ccc(F)c1F)S(C)(=O)=O. The van der Waals surface area contributed by atoms with Gasteiger partial charge in [-0.25, -0.2) is 17.2 Å². The van der Waals surface area contributed by atoms with Crippen molar-refractivity contribution in [1.82, 2.24) is 0 Å². The van der Waals surface area contributed by atoms with Gasteiger partial charge in [0.25, 0.3) is 0 Å². The Kier molecular flexibility index (Phi) is 5.82. The van der Waals surface area contributed by atoms with Gasteiger partial charge in [-0.3, -0.25) is 4.31 Å². The van der Waals surface area contributed by atoms with Crippen molar-refractivity contribution in [2.75, 3.05) is 30.5 Å². The Morgan fingerprint density at radius 2 is 1.77 bits per heavy atom. The van der Waals surface area contributed by atoms with Crippen molar-refractivity contribution in [2.45, 2.75) is 6.54 Å². The van der Waals surface area contributed by atoms with Crippen molar-refractivity contribution in [3.05, 3.63) is 46.5 Å². The van der Waals surface area contributed by atoms with E-state index in [1.165, 1.54) is 32.4 Å². The second-order valence-corrected chi connectivity index (χ2v) is 7.67. The summed E-state index contributed by atoms with van der Waals surface area (Å²) in [5, 5.41) is 0.161. The zero-order chi connectivity index (χ0) is 19.6. The Morgan fingerprint density at radius 1 is 1.15 bits per heavy atom. The van der Waals surface area contributed by atoms with Crippen LogP contribution in [0, 0.1) is 11.6 Å². The number of sulfonamides is 1. The lowest BCUT2D eigenvalue weighted by Crippen LogP contribution is -2.30. The fourth-order valence-electron chi connectivity index (χ4n) is 2.36. The number of rotatable bonds is 6.